The molecule has 7 rings (SSSR count). The molecule has 0 aliphatic rings. The summed E-state index contributed by atoms with van der Waals surface area (Å²) >= 11 is 0. The minimum Gasteiger partial charge on any atom is -0.507 e. The highest BCUT2D eigenvalue weighted by atomic mass is 16.5. The highest BCUT2D eigenvalue weighted by Crippen LogP contribution is 2.43. The molecule has 0 fully saturated rings. The van der Waals surface area contributed by atoms with E-state index in [0.29, 0.717) is 23.9 Å². The summed E-state index contributed by atoms with van der Waals surface area (Å²) in [6.45, 7) is 2.85. The molecular weight excluding hydrogens is 580 g/mol. The zero-order valence-corrected chi connectivity index (χ0v) is 27.2. The van der Waals surface area contributed by atoms with E-state index < -0.39 is 0 Å². The van der Waals surface area contributed by atoms with E-state index in [1.807, 2.05) is 18.2 Å². The van der Waals surface area contributed by atoms with Crippen LogP contribution in [0.1, 0.15) is 71.1 Å². The second-order valence-corrected chi connectivity index (χ2v) is 12.6. The molecule has 47 heavy (non-hydrogen) atoms. The molecule has 5 aromatic carbocycles. The molecule has 0 saturated carbocycles. The Hall–Kier alpha value is -4.90. The summed E-state index contributed by atoms with van der Waals surface area (Å²) in [6.07, 6.45) is 12.7. The molecule has 0 spiro atoms. The van der Waals surface area contributed by atoms with Gasteiger partial charge in [-0.2, -0.15) is 4.98 Å². The number of aromatic nitrogens is 2. The molecular formula is C42H42N2O3. The van der Waals surface area contributed by atoms with Gasteiger partial charge < -0.3 is 14.3 Å². The van der Waals surface area contributed by atoms with E-state index in [1.165, 1.54) is 62.1 Å². The number of rotatable bonds is 14. The Bertz CT molecular complexity index is 2150. The van der Waals surface area contributed by atoms with Gasteiger partial charge in [-0.05, 0) is 52.2 Å². The summed E-state index contributed by atoms with van der Waals surface area (Å²) in [6, 6.07) is 32.3. The van der Waals surface area contributed by atoms with Crippen molar-refractivity contribution >= 4 is 43.5 Å². The van der Waals surface area contributed by atoms with Gasteiger partial charge in [0, 0.05) is 22.4 Å². The number of ether oxygens (including phenoxy) is 1. The van der Waals surface area contributed by atoms with E-state index in [9.17, 15) is 5.11 Å². The normalized spacial score (nSPS) is 11.7. The molecule has 0 aliphatic heterocycles. The number of furan rings is 1. The zero-order chi connectivity index (χ0) is 32.0. The van der Waals surface area contributed by atoms with Gasteiger partial charge in [-0.15, -0.1) is 0 Å². The van der Waals surface area contributed by atoms with Crippen molar-refractivity contribution in [1.82, 2.24) is 9.97 Å². The van der Waals surface area contributed by atoms with Crippen LogP contribution in [0.25, 0.3) is 66.1 Å². The van der Waals surface area contributed by atoms with Crippen LogP contribution in [0.2, 0.25) is 0 Å². The molecule has 0 aliphatic carbocycles. The largest absolute Gasteiger partial charge is 0.507 e. The van der Waals surface area contributed by atoms with E-state index in [0.717, 1.165) is 56.8 Å². The monoisotopic (exact) mass is 622 g/mol. The van der Waals surface area contributed by atoms with Crippen LogP contribution in [0.4, 0.5) is 0 Å². The van der Waals surface area contributed by atoms with Gasteiger partial charge in [0.05, 0.1) is 17.9 Å². The molecule has 238 valence electrons. The Morgan fingerprint density at radius 3 is 2.04 bits per heavy atom. The molecule has 2 heterocycles. The van der Waals surface area contributed by atoms with Gasteiger partial charge in [0.1, 0.15) is 16.9 Å². The maximum absolute atomic E-state index is 10.7. The lowest BCUT2D eigenvalue weighted by Crippen LogP contribution is -2.02. The van der Waals surface area contributed by atoms with Crippen LogP contribution in [0, 0.1) is 0 Å². The fourth-order valence-electron chi connectivity index (χ4n) is 6.80. The first-order chi connectivity index (χ1) is 23.2. The topological polar surface area (TPSA) is 68.4 Å². The molecule has 5 heteroatoms. The minimum atomic E-state index is 0.134. The highest BCUT2D eigenvalue weighted by Gasteiger charge is 2.19. The van der Waals surface area contributed by atoms with E-state index in [4.69, 9.17) is 19.1 Å². The first kappa shape index (κ1) is 30.7. The molecule has 0 bridgehead atoms. The van der Waals surface area contributed by atoms with E-state index in [1.54, 1.807) is 12.1 Å². The maximum Gasteiger partial charge on any atom is 0.217 e. The summed E-state index contributed by atoms with van der Waals surface area (Å²) in [7, 11) is 0. The van der Waals surface area contributed by atoms with Crippen LogP contribution in [0.3, 0.4) is 0 Å². The van der Waals surface area contributed by atoms with E-state index >= 15 is 0 Å². The van der Waals surface area contributed by atoms with Crippen molar-refractivity contribution in [2.24, 2.45) is 0 Å². The predicted molar refractivity (Wildman–Crippen MR) is 194 cm³/mol. The number of hydrogen-bond acceptors (Lipinski definition) is 5. The molecule has 0 atom stereocenters. The highest BCUT2D eigenvalue weighted by molar-refractivity contribution is 6.28. The fraction of sp³-hybridized carbons (Fsp3) is 0.286. The van der Waals surface area contributed by atoms with Crippen molar-refractivity contribution in [1.29, 1.82) is 0 Å². The number of hydrogen-bond donors (Lipinski definition) is 1. The van der Waals surface area contributed by atoms with Gasteiger partial charge >= 0.3 is 0 Å². The molecule has 0 saturated heterocycles. The smallest absolute Gasteiger partial charge is 0.217 e. The number of fused-ring (bicyclic) bond motifs is 7. The summed E-state index contributed by atoms with van der Waals surface area (Å²) < 4.78 is 12.8. The van der Waals surface area contributed by atoms with Gasteiger partial charge in [0.2, 0.25) is 5.88 Å². The van der Waals surface area contributed by atoms with Crippen LogP contribution >= 0.6 is 0 Å². The number of phenolic OH excluding ortho intramolecular Hbond substituents is 1. The van der Waals surface area contributed by atoms with Crippen LogP contribution < -0.4 is 4.74 Å². The molecule has 7 aromatic rings. The van der Waals surface area contributed by atoms with Crippen molar-refractivity contribution in [2.75, 3.05) is 6.61 Å². The van der Waals surface area contributed by atoms with Gasteiger partial charge in [0.15, 0.2) is 5.82 Å². The lowest BCUT2D eigenvalue weighted by molar-refractivity contribution is 0.293. The molecule has 2 aromatic heterocycles. The van der Waals surface area contributed by atoms with E-state index in [-0.39, 0.29) is 5.75 Å². The third-order valence-electron chi connectivity index (χ3n) is 9.24. The number of benzene rings is 5. The summed E-state index contributed by atoms with van der Waals surface area (Å²) in [5.74, 6) is 1.07. The second-order valence-electron chi connectivity index (χ2n) is 12.6. The molecule has 0 radical (unpaired) electrons. The summed E-state index contributed by atoms with van der Waals surface area (Å²) in [4.78, 5) is 9.77. The third kappa shape index (κ3) is 6.53. The number of para-hydroxylation sites is 1. The SMILES string of the molecule is CCCCCCCCCCCCOc1cc(-c2cc3oc4ccc5ccccc5c4c3c3ccccc23)nc(-c2ccccc2O)n1. The lowest BCUT2D eigenvalue weighted by atomic mass is 9.95. The fourth-order valence-corrected chi connectivity index (χ4v) is 6.80. The summed E-state index contributed by atoms with van der Waals surface area (Å²) in [5, 5.41) is 17.5. The van der Waals surface area contributed by atoms with Gasteiger partial charge in [-0.1, -0.05) is 131 Å². The first-order valence-electron chi connectivity index (χ1n) is 17.3. The van der Waals surface area contributed by atoms with Crippen molar-refractivity contribution in [3.63, 3.8) is 0 Å². The molecule has 5 nitrogen and oxygen atoms in total. The average molecular weight is 623 g/mol. The summed E-state index contributed by atoms with van der Waals surface area (Å²) in [5.41, 5.74) is 3.89. The maximum atomic E-state index is 10.7. The number of aromatic hydroxyl groups is 1. The lowest BCUT2D eigenvalue weighted by Gasteiger charge is -2.13. The minimum absolute atomic E-state index is 0.134. The predicted octanol–water partition coefficient (Wildman–Crippen LogP) is 12.0. The number of unbranched alkanes of at least 4 members (excludes halogenated alkanes) is 9. The third-order valence-corrected chi connectivity index (χ3v) is 9.24. The average Bonchev–Trinajstić information content (AvgIpc) is 3.50. The van der Waals surface area contributed by atoms with Crippen LogP contribution in [0.5, 0.6) is 11.6 Å². The number of nitrogens with zero attached hydrogens (tertiary/aromatic N) is 2. The van der Waals surface area contributed by atoms with Crippen molar-refractivity contribution in [3.8, 4) is 34.3 Å². The standard InChI is InChI=1S/C42H42N2O3/c1-2-3-4-5-6-7-8-9-10-17-26-46-39-28-35(43-42(44-39)33-22-15-16-23-36(33)45)34-27-38-41(32-21-14-13-20-31(32)34)40-30-19-12-11-18-29(30)24-25-37(40)47-38/h11-16,18-25,27-28,45H,2-10,17,26H2,1H3. The van der Waals surface area contributed by atoms with Gasteiger partial charge in [-0.25, -0.2) is 4.98 Å². The second kappa shape index (κ2) is 14.3. The van der Waals surface area contributed by atoms with Crippen LogP contribution in [-0.4, -0.2) is 21.7 Å². The van der Waals surface area contributed by atoms with Gasteiger partial charge in [-0.3, -0.25) is 0 Å². The zero-order valence-electron chi connectivity index (χ0n) is 27.2. The van der Waals surface area contributed by atoms with Gasteiger partial charge in [0.25, 0.3) is 0 Å². The first-order valence-corrected chi connectivity index (χ1v) is 17.3. The number of phenols is 1. The van der Waals surface area contributed by atoms with Crippen LogP contribution in [-0.2, 0) is 0 Å². The Kier molecular flexibility index (Phi) is 9.32. The Morgan fingerprint density at radius 1 is 0.596 bits per heavy atom. The van der Waals surface area contributed by atoms with Crippen molar-refractivity contribution in [3.05, 3.63) is 97.1 Å². The van der Waals surface area contributed by atoms with Crippen LogP contribution in [0.15, 0.2) is 101 Å². The van der Waals surface area contributed by atoms with Crippen molar-refractivity contribution in [2.45, 2.75) is 71.1 Å². The Morgan fingerprint density at radius 2 is 1.26 bits per heavy atom. The molecule has 0 amide bonds. The Balaban J connectivity index is 1.22. The quantitative estimate of drug-likeness (QED) is 0.122. The van der Waals surface area contributed by atoms with E-state index in [2.05, 4.69) is 73.7 Å². The molecule has 1 N–H and O–H groups in total. The molecule has 0 unspecified atom stereocenters. The Labute approximate surface area is 276 Å². The van der Waals surface area contributed by atoms with Crippen molar-refractivity contribution < 1.29 is 14.3 Å².